The minimum Gasteiger partial charge on any atom is -0.487 e. The minimum atomic E-state index is -0.0981. The van der Waals surface area contributed by atoms with Crippen LogP contribution < -0.4 is 15.0 Å². The van der Waals surface area contributed by atoms with Gasteiger partial charge in [0.25, 0.3) is 0 Å². The number of carbonyl (C=O) groups excluding carboxylic acids is 2. The highest BCUT2D eigenvalue weighted by molar-refractivity contribution is 6.31. The topological polar surface area (TPSA) is 61.9 Å². The largest absolute Gasteiger partial charge is 0.487 e. The van der Waals surface area contributed by atoms with Crippen molar-refractivity contribution < 1.29 is 14.3 Å². The van der Waals surface area contributed by atoms with Crippen molar-refractivity contribution in [3.8, 4) is 5.75 Å². The summed E-state index contributed by atoms with van der Waals surface area (Å²) in [5, 5.41) is 3.59. The number of ether oxygens (including phenoxy) is 1. The van der Waals surface area contributed by atoms with E-state index in [1.165, 1.54) is 0 Å². The molecule has 0 radical (unpaired) electrons. The van der Waals surface area contributed by atoms with Crippen molar-refractivity contribution in [1.29, 1.82) is 0 Å². The first kappa shape index (κ1) is 20.5. The van der Waals surface area contributed by atoms with Crippen LogP contribution in [0, 0.1) is 12.8 Å². The van der Waals surface area contributed by atoms with Crippen LogP contribution in [0.25, 0.3) is 0 Å². The number of halogens is 1. The Bertz CT molecular complexity index is 956. The molecule has 2 aliphatic heterocycles. The Morgan fingerprint density at radius 1 is 1.13 bits per heavy atom. The van der Waals surface area contributed by atoms with Crippen LogP contribution in [0.1, 0.15) is 25.3 Å². The Kier molecular flexibility index (Phi) is 5.86. The quantitative estimate of drug-likeness (QED) is 0.755. The van der Waals surface area contributed by atoms with Gasteiger partial charge in [0.15, 0.2) is 0 Å². The molecule has 7 heteroatoms. The smallest absolute Gasteiger partial charge is 0.324 e. The van der Waals surface area contributed by atoms with E-state index in [9.17, 15) is 9.59 Å². The highest BCUT2D eigenvalue weighted by Gasteiger charge is 2.34. The summed E-state index contributed by atoms with van der Waals surface area (Å²) in [6, 6.07) is 13.0. The third kappa shape index (κ3) is 4.24. The third-order valence-corrected chi connectivity index (χ3v) is 5.98. The van der Waals surface area contributed by atoms with Crippen LogP contribution in [0.3, 0.4) is 0 Å². The Morgan fingerprint density at radius 2 is 1.87 bits per heavy atom. The molecule has 3 amide bonds. The molecule has 158 valence electrons. The third-order valence-electron chi connectivity index (χ3n) is 5.75. The first-order valence-electron chi connectivity index (χ1n) is 10.3. The van der Waals surface area contributed by atoms with E-state index in [1.807, 2.05) is 43.0 Å². The Morgan fingerprint density at radius 3 is 2.60 bits per heavy atom. The zero-order valence-corrected chi connectivity index (χ0v) is 18.0. The fraction of sp³-hybridized carbons (Fsp3) is 0.391. The highest BCUT2D eigenvalue weighted by Crippen LogP contribution is 2.36. The molecule has 2 heterocycles. The molecule has 2 aromatic rings. The van der Waals surface area contributed by atoms with Crippen molar-refractivity contribution in [2.75, 3.05) is 29.9 Å². The summed E-state index contributed by atoms with van der Waals surface area (Å²) < 4.78 is 5.85. The van der Waals surface area contributed by atoms with Crippen LogP contribution in [0.15, 0.2) is 42.5 Å². The van der Waals surface area contributed by atoms with E-state index in [0.29, 0.717) is 48.9 Å². The molecule has 2 aliphatic rings. The zero-order chi connectivity index (χ0) is 21.3. The second kappa shape index (κ2) is 8.56. The Labute approximate surface area is 181 Å². The lowest BCUT2D eigenvalue weighted by atomic mass is 9.95. The maximum atomic E-state index is 13.2. The molecule has 1 atom stereocenters. The van der Waals surface area contributed by atoms with E-state index in [4.69, 9.17) is 16.3 Å². The van der Waals surface area contributed by atoms with Gasteiger partial charge in [-0.05, 0) is 56.5 Å². The summed E-state index contributed by atoms with van der Waals surface area (Å²) in [5.74, 6) is 0.589. The van der Waals surface area contributed by atoms with Crippen LogP contribution in [0.4, 0.5) is 16.2 Å². The minimum absolute atomic E-state index is 0.0218. The van der Waals surface area contributed by atoms with Crippen molar-refractivity contribution in [1.82, 2.24) is 4.90 Å². The van der Waals surface area contributed by atoms with E-state index in [-0.39, 0.29) is 24.0 Å². The van der Waals surface area contributed by atoms with Gasteiger partial charge in [0.05, 0.1) is 12.2 Å². The molecule has 1 fully saturated rings. The maximum Gasteiger partial charge on any atom is 0.324 e. The number of para-hydroxylation sites is 1. The molecular weight excluding hydrogens is 402 g/mol. The van der Waals surface area contributed by atoms with E-state index in [1.54, 1.807) is 23.1 Å². The van der Waals surface area contributed by atoms with Gasteiger partial charge in [-0.3, -0.25) is 9.69 Å². The number of aryl methyl sites for hydroxylation is 1. The lowest BCUT2D eigenvalue weighted by molar-refractivity contribution is -0.121. The number of nitrogens with zero attached hydrogens (tertiary/aromatic N) is 2. The normalized spacial score (nSPS) is 19.1. The number of likely N-dealkylation sites (tertiary alicyclic amines) is 1. The van der Waals surface area contributed by atoms with Crippen molar-refractivity contribution >= 4 is 34.9 Å². The predicted molar refractivity (Wildman–Crippen MR) is 118 cm³/mol. The molecule has 4 rings (SSSR count). The number of benzene rings is 2. The summed E-state index contributed by atoms with van der Waals surface area (Å²) >= 11 is 6.15. The average Bonchev–Trinajstić information content (AvgIpc) is 2.74. The molecule has 0 aliphatic carbocycles. The molecule has 0 spiro atoms. The van der Waals surface area contributed by atoms with E-state index in [0.717, 1.165) is 11.3 Å². The molecule has 0 bridgehead atoms. The number of anilines is 2. The number of hydrogen-bond donors (Lipinski definition) is 1. The highest BCUT2D eigenvalue weighted by atomic mass is 35.5. The van der Waals surface area contributed by atoms with Gasteiger partial charge in [-0.1, -0.05) is 29.8 Å². The van der Waals surface area contributed by atoms with Gasteiger partial charge < -0.3 is 15.0 Å². The summed E-state index contributed by atoms with van der Waals surface area (Å²) in [6.07, 6.45) is 1.19. The number of rotatable bonds is 2. The lowest BCUT2D eigenvalue weighted by Crippen LogP contribution is -2.51. The van der Waals surface area contributed by atoms with Crippen molar-refractivity contribution in [2.45, 2.75) is 32.8 Å². The number of nitrogens with one attached hydrogen (secondary N) is 1. The fourth-order valence-electron chi connectivity index (χ4n) is 4.04. The second-order valence-electron chi connectivity index (χ2n) is 8.00. The SMILES string of the molecule is Cc1ccccc1NC(=O)C1CCN(C(=O)N2CC(C)Oc3ccc(Cl)cc32)CC1. The molecule has 2 aromatic carbocycles. The van der Waals surface area contributed by atoms with Gasteiger partial charge in [0.1, 0.15) is 11.9 Å². The van der Waals surface area contributed by atoms with Gasteiger partial charge >= 0.3 is 6.03 Å². The number of hydrogen-bond acceptors (Lipinski definition) is 3. The number of piperidine rings is 1. The van der Waals surface area contributed by atoms with Crippen LogP contribution >= 0.6 is 11.6 Å². The van der Waals surface area contributed by atoms with Gasteiger partial charge in [0.2, 0.25) is 5.91 Å². The molecule has 1 N–H and O–H groups in total. The van der Waals surface area contributed by atoms with E-state index < -0.39 is 0 Å². The Balaban J connectivity index is 1.40. The molecular formula is C23H26ClN3O3. The summed E-state index contributed by atoms with van der Waals surface area (Å²) in [4.78, 5) is 29.5. The van der Waals surface area contributed by atoms with Gasteiger partial charge in [-0.25, -0.2) is 4.79 Å². The molecule has 0 saturated carbocycles. The predicted octanol–water partition coefficient (Wildman–Crippen LogP) is 4.71. The molecule has 1 saturated heterocycles. The first-order chi connectivity index (χ1) is 14.4. The number of amides is 3. The van der Waals surface area contributed by atoms with Crippen LogP contribution in [0.2, 0.25) is 5.02 Å². The van der Waals surface area contributed by atoms with Crippen molar-refractivity contribution in [3.63, 3.8) is 0 Å². The van der Waals surface area contributed by atoms with Crippen molar-refractivity contribution in [3.05, 3.63) is 53.1 Å². The van der Waals surface area contributed by atoms with Crippen LogP contribution in [-0.2, 0) is 4.79 Å². The van der Waals surface area contributed by atoms with Gasteiger partial charge in [0, 0.05) is 29.7 Å². The second-order valence-corrected chi connectivity index (χ2v) is 8.44. The number of fused-ring (bicyclic) bond motifs is 1. The average molecular weight is 428 g/mol. The summed E-state index contributed by atoms with van der Waals surface area (Å²) in [5.41, 5.74) is 2.58. The number of urea groups is 1. The monoisotopic (exact) mass is 427 g/mol. The van der Waals surface area contributed by atoms with Gasteiger partial charge in [-0.15, -0.1) is 0 Å². The van der Waals surface area contributed by atoms with E-state index in [2.05, 4.69) is 5.32 Å². The molecule has 1 unspecified atom stereocenters. The van der Waals surface area contributed by atoms with Crippen LogP contribution in [0.5, 0.6) is 5.75 Å². The first-order valence-corrected chi connectivity index (χ1v) is 10.7. The maximum absolute atomic E-state index is 13.2. The van der Waals surface area contributed by atoms with Crippen LogP contribution in [-0.4, -0.2) is 42.6 Å². The molecule has 30 heavy (non-hydrogen) atoms. The van der Waals surface area contributed by atoms with E-state index >= 15 is 0 Å². The number of carbonyl (C=O) groups is 2. The molecule has 6 nitrogen and oxygen atoms in total. The fourth-order valence-corrected chi connectivity index (χ4v) is 4.21. The summed E-state index contributed by atoms with van der Waals surface area (Å²) in [7, 11) is 0. The zero-order valence-electron chi connectivity index (χ0n) is 17.2. The molecule has 0 aromatic heterocycles. The summed E-state index contributed by atoms with van der Waals surface area (Å²) in [6.45, 7) is 5.49. The lowest BCUT2D eigenvalue weighted by Gasteiger charge is -2.39. The van der Waals surface area contributed by atoms with Crippen molar-refractivity contribution in [2.24, 2.45) is 5.92 Å². The van der Waals surface area contributed by atoms with Gasteiger partial charge in [-0.2, -0.15) is 0 Å². The Hall–Kier alpha value is -2.73. The standard InChI is InChI=1S/C23H26ClN3O3/c1-15-5-3-4-6-19(15)25-22(28)17-9-11-26(12-10-17)23(29)27-14-16(2)30-21-8-7-18(24)13-20(21)27/h3-8,13,16-17H,9-12,14H2,1-2H3,(H,25,28).